The molecule has 5 nitrogen and oxygen atoms in total. The molecule has 2 atom stereocenters. The van der Waals surface area contributed by atoms with Crippen LogP contribution in [-0.4, -0.2) is 68.3 Å². The highest BCUT2D eigenvalue weighted by atomic mass is 32.2. The highest BCUT2D eigenvalue weighted by Crippen LogP contribution is 2.24. The van der Waals surface area contributed by atoms with Crippen molar-refractivity contribution < 1.29 is 13.2 Å². The van der Waals surface area contributed by atoms with Gasteiger partial charge in [-0.25, -0.2) is 8.42 Å². The van der Waals surface area contributed by atoms with Gasteiger partial charge in [0.15, 0.2) is 0 Å². The van der Waals surface area contributed by atoms with Crippen LogP contribution in [0.4, 0.5) is 0 Å². The van der Waals surface area contributed by atoms with E-state index in [2.05, 4.69) is 4.90 Å². The Bertz CT molecular complexity index is 406. The van der Waals surface area contributed by atoms with Gasteiger partial charge in [0, 0.05) is 32.3 Å². The van der Waals surface area contributed by atoms with E-state index < -0.39 is 10.0 Å². The van der Waals surface area contributed by atoms with Gasteiger partial charge < -0.3 is 4.74 Å². The lowest BCUT2D eigenvalue weighted by atomic mass is 10.1. The molecule has 3 aliphatic rings. The lowest BCUT2D eigenvalue weighted by molar-refractivity contribution is 0.0295. The van der Waals surface area contributed by atoms with Crippen molar-refractivity contribution in [1.29, 1.82) is 0 Å². The summed E-state index contributed by atoms with van der Waals surface area (Å²) in [5.74, 6) is 0.180. The van der Waals surface area contributed by atoms with Gasteiger partial charge in [0.2, 0.25) is 10.0 Å². The molecule has 0 amide bonds. The molecular weight excluding hydrogens is 264 g/mol. The standard InChI is InChI=1S/C13H24N2O3S/c16-19(17,11-13-5-1-2-9-18-13)15-8-7-14-6-3-4-12(14)10-15/h12-13H,1-11H2/t12-,13+/m0/s1. The fraction of sp³-hybridized carbons (Fsp3) is 1.00. The van der Waals surface area contributed by atoms with E-state index in [0.29, 0.717) is 19.1 Å². The second-order valence-corrected chi connectivity index (χ2v) is 7.97. The van der Waals surface area contributed by atoms with Gasteiger partial charge in [-0.2, -0.15) is 4.31 Å². The van der Waals surface area contributed by atoms with Crippen molar-refractivity contribution in [2.45, 2.75) is 44.2 Å². The predicted molar refractivity (Wildman–Crippen MR) is 73.5 cm³/mol. The SMILES string of the molecule is O=S(=O)(C[C@H]1CCCCO1)N1CCN2CCC[C@H]2C1. The summed E-state index contributed by atoms with van der Waals surface area (Å²) in [5, 5.41) is 0. The van der Waals surface area contributed by atoms with E-state index >= 15 is 0 Å². The Morgan fingerprint density at radius 1 is 1.05 bits per heavy atom. The fourth-order valence-electron chi connectivity index (χ4n) is 3.49. The minimum absolute atomic E-state index is 0.0830. The first-order valence-corrected chi connectivity index (χ1v) is 9.09. The van der Waals surface area contributed by atoms with Gasteiger partial charge in [0.05, 0.1) is 11.9 Å². The Morgan fingerprint density at radius 3 is 2.74 bits per heavy atom. The maximum absolute atomic E-state index is 12.5. The van der Waals surface area contributed by atoms with Crippen molar-refractivity contribution in [3.63, 3.8) is 0 Å². The Labute approximate surface area is 115 Å². The predicted octanol–water partition coefficient (Wildman–Crippen LogP) is 0.665. The average Bonchev–Trinajstić information content (AvgIpc) is 2.86. The molecule has 3 saturated heterocycles. The third kappa shape index (κ3) is 3.12. The van der Waals surface area contributed by atoms with Crippen LogP contribution in [-0.2, 0) is 14.8 Å². The van der Waals surface area contributed by atoms with Crippen LogP contribution in [0.3, 0.4) is 0 Å². The lowest BCUT2D eigenvalue weighted by Crippen LogP contribution is -2.53. The molecule has 0 aliphatic carbocycles. The number of rotatable bonds is 3. The number of nitrogens with zero attached hydrogens (tertiary/aromatic N) is 2. The molecular formula is C13H24N2O3S. The largest absolute Gasteiger partial charge is 0.377 e. The first-order chi connectivity index (χ1) is 9.15. The molecule has 0 bridgehead atoms. The molecule has 0 aromatic heterocycles. The Balaban J connectivity index is 1.60. The molecule has 0 saturated carbocycles. The van der Waals surface area contributed by atoms with E-state index in [4.69, 9.17) is 4.74 Å². The molecule has 3 fully saturated rings. The zero-order chi connectivity index (χ0) is 13.3. The van der Waals surface area contributed by atoms with Gasteiger partial charge in [-0.05, 0) is 38.6 Å². The Morgan fingerprint density at radius 2 is 1.95 bits per heavy atom. The monoisotopic (exact) mass is 288 g/mol. The van der Waals surface area contributed by atoms with Gasteiger partial charge >= 0.3 is 0 Å². The van der Waals surface area contributed by atoms with Gasteiger partial charge in [0.1, 0.15) is 0 Å². The first-order valence-electron chi connectivity index (χ1n) is 7.49. The van der Waals surface area contributed by atoms with Crippen LogP contribution < -0.4 is 0 Å². The maximum Gasteiger partial charge on any atom is 0.216 e. The average molecular weight is 288 g/mol. The number of hydrogen-bond donors (Lipinski definition) is 0. The highest BCUT2D eigenvalue weighted by molar-refractivity contribution is 7.89. The summed E-state index contributed by atoms with van der Waals surface area (Å²) >= 11 is 0. The Hall–Kier alpha value is -0.170. The summed E-state index contributed by atoms with van der Waals surface area (Å²) in [6, 6.07) is 0.454. The smallest absolute Gasteiger partial charge is 0.216 e. The van der Waals surface area contributed by atoms with E-state index in [-0.39, 0.29) is 11.9 Å². The number of fused-ring (bicyclic) bond motifs is 1. The third-order valence-electron chi connectivity index (χ3n) is 4.61. The van der Waals surface area contributed by atoms with Crippen LogP contribution in [0.15, 0.2) is 0 Å². The normalized spacial score (nSPS) is 34.3. The van der Waals surface area contributed by atoms with Crippen molar-refractivity contribution in [2.24, 2.45) is 0 Å². The summed E-state index contributed by atoms with van der Waals surface area (Å²) in [5.41, 5.74) is 0. The zero-order valence-corrected chi connectivity index (χ0v) is 12.3. The van der Waals surface area contributed by atoms with E-state index in [9.17, 15) is 8.42 Å². The molecule has 0 radical (unpaired) electrons. The summed E-state index contributed by atoms with van der Waals surface area (Å²) in [6.45, 7) is 4.11. The van der Waals surface area contributed by atoms with E-state index in [0.717, 1.165) is 45.4 Å². The molecule has 19 heavy (non-hydrogen) atoms. The molecule has 0 aromatic rings. The van der Waals surface area contributed by atoms with Gasteiger partial charge in [-0.3, -0.25) is 4.90 Å². The molecule has 3 rings (SSSR count). The van der Waals surface area contributed by atoms with Gasteiger partial charge in [-0.15, -0.1) is 0 Å². The number of sulfonamides is 1. The van der Waals surface area contributed by atoms with Crippen molar-refractivity contribution in [3.05, 3.63) is 0 Å². The number of ether oxygens (including phenoxy) is 1. The maximum atomic E-state index is 12.5. The van der Waals surface area contributed by atoms with Gasteiger partial charge in [-0.1, -0.05) is 0 Å². The van der Waals surface area contributed by atoms with E-state index in [1.807, 2.05) is 0 Å². The summed E-state index contributed by atoms with van der Waals surface area (Å²) in [6.07, 6.45) is 5.33. The fourth-order valence-corrected chi connectivity index (χ4v) is 5.20. The number of hydrogen-bond acceptors (Lipinski definition) is 4. The van der Waals surface area contributed by atoms with Crippen LogP contribution in [0, 0.1) is 0 Å². The van der Waals surface area contributed by atoms with E-state index in [1.165, 1.54) is 6.42 Å². The van der Waals surface area contributed by atoms with Crippen LogP contribution in [0.1, 0.15) is 32.1 Å². The summed E-state index contributed by atoms with van der Waals surface area (Å²) in [7, 11) is -3.14. The van der Waals surface area contributed by atoms with Crippen molar-refractivity contribution in [1.82, 2.24) is 9.21 Å². The minimum atomic E-state index is -3.14. The zero-order valence-electron chi connectivity index (χ0n) is 11.5. The Kier molecular flexibility index (Phi) is 4.12. The molecule has 110 valence electrons. The van der Waals surface area contributed by atoms with Gasteiger partial charge in [0.25, 0.3) is 0 Å². The lowest BCUT2D eigenvalue weighted by Gasteiger charge is -2.37. The quantitative estimate of drug-likeness (QED) is 0.766. The van der Waals surface area contributed by atoms with Crippen LogP contribution in [0.5, 0.6) is 0 Å². The van der Waals surface area contributed by atoms with Crippen molar-refractivity contribution in [3.8, 4) is 0 Å². The molecule has 6 heteroatoms. The van der Waals surface area contributed by atoms with Crippen LogP contribution in [0.2, 0.25) is 0 Å². The highest BCUT2D eigenvalue weighted by Gasteiger charge is 2.36. The molecule has 0 aromatic carbocycles. The van der Waals surface area contributed by atoms with Crippen molar-refractivity contribution >= 4 is 10.0 Å². The molecule has 3 heterocycles. The minimum Gasteiger partial charge on any atom is -0.377 e. The molecule has 3 aliphatic heterocycles. The second-order valence-electron chi connectivity index (χ2n) is 5.96. The van der Waals surface area contributed by atoms with Crippen molar-refractivity contribution in [2.75, 3.05) is 38.5 Å². The summed E-state index contributed by atoms with van der Waals surface area (Å²) < 4.78 is 32.2. The molecule has 0 spiro atoms. The first kappa shape index (κ1) is 13.8. The second kappa shape index (κ2) is 5.68. The van der Waals surface area contributed by atoms with Crippen LogP contribution in [0.25, 0.3) is 0 Å². The number of piperazine rings is 1. The third-order valence-corrected chi connectivity index (χ3v) is 6.53. The molecule has 0 unspecified atom stereocenters. The topological polar surface area (TPSA) is 49.9 Å². The summed E-state index contributed by atoms with van der Waals surface area (Å²) in [4.78, 5) is 2.43. The van der Waals surface area contributed by atoms with E-state index in [1.54, 1.807) is 4.31 Å². The molecule has 0 N–H and O–H groups in total. The van der Waals surface area contributed by atoms with Crippen LogP contribution >= 0.6 is 0 Å².